The van der Waals surface area contributed by atoms with Gasteiger partial charge in [-0.25, -0.2) is 21.7 Å². The minimum atomic E-state index is -4.25. The van der Waals surface area contributed by atoms with Crippen LogP contribution in [0, 0.1) is 0 Å². The highest BCUT2D eigenvalue weighted by molar-refractivity contribution is 7.92. The monoisotopic (exact) mass is 389 g/mol. The summed E-state index contributed by atoms with van der Waals surface area (Å²) in [6.45, 7) is 5.19. The van der Waals surface area contributed by atoms with Crippen molar-refractivity contribution in [2.24, 2.45) is 0 Å². The minimum absolute atomic E-state index is 0.109. The average molecular weight is 390 g/mol. The molecule has 1 aliphatic heterocycles. The molecule has 1 N–H and O–H groups in total. The van der Waals surface area contributed by atoms with Crippen LogP contribution in [0.1, 0.15) is 33.6 Å². The summed E-state index contributed by atoms with van der Waals surface area (Å²) in [7, 11) is -5.89. The Hall–Kier alpha value is -1.25. The molecule has 1 aliphatic rings. The largest absolute Gasteiger partial charge is 0.497 e. The van der Waals surface area contributed by atoms with Crippen LogP contribution in [0.3, 0.4) is 0 Å². The van der Waals surface area contributed by atoms with Gasteiger partial charge < -0.3 is 4.74 Å². The number of allylic oxidation sites excluding steroid dienone is 1. The fourth-order valence-corrected chi connectivity index (χ4v) is 4.73. The number of rotatable bonds is 6. The lowest BCUT2D eigenvalue weighted by Gasteiger charge is -2.32. The number of nitrogens with one attached hydrogen (secondary N) is 1. The normalized spacial score (nSPS) is 22.0. The second-order valence-corrected chi connectivity index (χ2v) is 10.9. The van der Waals surface area contributed by atoms with E-state index in [9.17, 15) is 12.6 Å². The van der Waals surface area contributed by atoms with Gasteiger partial charge in [-0.05, 0) is 51.8 Å². The second kappa shape index (κ2) is 7.97. The van der Waals surface area contributed by atoms with E-state index in [1.807, 2.05) is 0 Å². The van der Waals surface area contributed by atoms with Crippen molar-refractivity contribution in [2.75, 3.05) is 0 Å². The molecule has 0 aromatic heterocycles. The van der Waals surface area contributed by atoms with E-state index in [1.165, 1.54) is 30.5 Å². The number of sulfone groups is 1. The van der Waals surface area contributed by atoms with Crippen molar-refractivity contribution >= 4 is 20.8 Å². The lowest BCUT2D eigenvalue weighted by Crippen LogP contribution is -2.53. The van der Waals surface area contributed by atoms with Gasteiger partial charge in [0.25, 0.3) is 0 Å². The van der Waals surface area contributed by atoms with Crippen molar-refractivity contribution in [1.29, 1.82) is 0 Å². The summed E-state index contributed by atoms with van der Waals surface area (Å²) in [6.07, 6.45) is 3.59. The van der Waals surface area contributed by atoms with Gasteiger partial charge >= 0.3 is 0 Å². The highest BCUT2D eigenvalue weighted by atomic mass is 32.2. The number of halogens is 1. The van der Waals surface area contributed by atoms with Crippen molar-refractivity contribution < 1.29 is 21.8 Å². The lowest BCUT2D eigenvalue weighted by molar-refractivity contribution is 0.0764. The standard InChI is InChI=1S/C17H24FNO4S2/c1-17(2,3)24(20)19-15(14-11-7-8-12-23-14)16(18)25(21,22)13-9-5-4-6-10-13/h4-6,8-10,12,14-16,19H,7,11H2,1-3H3/t14?,15-,16-,24-/m0/s1. The Kier molecular flexibility index (Phi) is 6.40. The van der Waals surface area contributed by atoms with Crippen molar-refractivity contribution in [3.8, 4) is 0 Å². The van der Waals surface area contributed by atoms with E-state index in [2.05, 4.69) is 4.72 Å². The van der Waals surface area contributed by atoms with Gasteiger partial charge in [0.1, 0.15) is 12.1 Å². The molecule has 0 radical (unpaired) electrons. The maximum absolute atomic E-state index is 15.2. The highest BCUT2D eigenvalue weighted by Crippen LogP contribution is 2.26. The zero-order chi connectivity index (χ0) is 18.7. The van der Waals surface area contributed by atoms with Crippen LogP contribution in [0.4, 0.5) is 4.39 Å². The topological polar surface area (TPSA) is 72.5 Å². The van der Waals surface area contributed by atoms with E-state index in [-0.39, 0.29) is 4.90 Å². The summed E-state index contributed by atoms with van der Waals surface area (Å²) < 4.78 is 60.4. The van der Waals surface area contributed by atoms with Crippen molar-refractivity contribution in [1.82, 2.24) is 4.72 Å². The first kappa shape index (κ1) is 20.1. The summed E-state index contributed by atoms with van der Waals surface area (Å²) in [5, 5.41) is 0. The maximum atomic E-state index is 15.2. The molecular weight excluding hydrogens is 365 g/mol. The Balaban J connectivity index is 2.33. The molecule has 0 bridgehead atoms. The van der Waals surface area contributed by atoms with E-state index in [1.54, 1.807) is 32.9 Å². The van der Waals surface area contributed by atoms with Crippen molar-refractivity contribution in [2.45, 2.75) is 60.9 Å². The van der Waals surface area contributed by atoms with Crippen LogP contribution < -0.4 is 4.72 Å². The van der Waals surface area contributed by atoms with E-state index in [4.69, 9.17) is 4.74 Å². The number of alkyl halides is 1. The fraction of sp³-hybridized carbons (Fsp3) is 0.529. The smallest absolute Gasteiger partial charge is 0.224 e. The Bertz CT molecular complexity index is 729. The number of hydrogen-bond donors (Lipinski definition) is 1. The minimum Gasteiger partial charge on any atom is -0.497 e. The SMILES string of the molecule is CC(C)(C)[S@](=O)N[C@@H](C1CCC=CO1)[C@@H](F)S(=O)(=O)c1ccccc1. The van der Waals surface area contributed by atoms with Gasteiger partial charge in [0.05, 0.1) is 26.9 Å². The summed E-state index contributed by atoms with van der Waals surface area (Å²) >= 11 is 0. The molecule has 8 heteroatoms. The molecule has 0 amide bonds. The first-order valence-electron chi connectivity index (χ1n) is 8.05. The highest BCUT2D eigenvalue weighted by Gasteiger charge is 2.42. The third-order valence-corrected chi connectivity index (χ3v) is 7.23. The summed E-state index contributed by atoms with van der Waals surface area (Å²) in [5.41, 5.74) is -2.28. The van der Waals surface area contributed by atoms with Crippen LogP contribution in [-0.2, 0) is 25.6 Å². The molecule has 1 aromatic carbocycles. The van der Waals surface area contributed by atoms with Crippen LogP contribution in [-0.4, -0.2) is 35.0 Å². The molecule has 0 saturated carbocycles. The summed E-state index contributed by atoms with van der Waals surface area (Å²) in [6, 6.07) is 6.19. The Morgan fingerprint density at radius 2 is 1.92 bits per heavy atom. The van der Waals surface area contributed by atoms with E-state index in [0.29, 0.717) is 12.8 Å². The molecule has 0 aliphatic carbocycles. The van der Waals surface area contributed by atoms with E-state index >= 15 is 4.39 Å². The van der Waals surface area contributed by atoms with Crippen molar-refractivity contribution in [3.05, 3.63) is 42.7 Å². The number of benzene rings is 1. The van der Waals surface area contributed by atoms with Gasteiger partial charge in [0.2, 0.25) is 15.3 Å². The average Bonchev–Trinajstić information content (AvgIpc) is 2.59. The summed E-state index contributed by atoms with van der Waals surface area (Å²) in [4.78, 5) is -0.109. The molecular formula is C17H24FNO4S2. The van der Waals surface area contributed by atoms with E-state index < -0.39 is 43.2 Å². The molecule has 5 nitrogen and oxygen atoms in total. The van der Waals surface area contributed by atoms with E-state index in [0.717, 1.165) is 0 Å². The second-order valence-electron chi connectivity index (χ2n) is 6.86. The van der Waals surface area contributed by atoms with Gasteiger partial charge in [0, 0.05) is 0 Å². The number of ether oxygens (including phenoxy) is 1. The molecule has 0 fully saturated rings. The van der Waals surface area contributed by atoms with Gasteiger partial charge in [0.15, 0.2) is 0 Å². The molecule has 4 atom stereocenters. The van der Waals surface area contributed by atoms with Crippen LogP contribution in [0.5, 0.6) is 0 Å². The third-order valence-electron chi connectivity index (χ3n) is 3.82. The molecule has 1 unspecified atom stereocenters. The quantitative estimate of drug-likeness (QED) is 0.812. The molecule has 0 saturated heterocycles. The third kappa shape index (κ3) is 4.89. The van der Waals surface area contributed by atoms with Crippen LogP contribution in [0.25, 0.3) is 0 Å². The molecule has 1 heterocycles. The maximum Gasteiger partial charge on any atom is 0.224 e. The Morgan fingerprint density at radius 1 is 1.28 bits per heavy atom. The zero-order valence-electron chi connectivity index (χ0n) is 14.5. The van der Waals surface area contributed by atoms with Crippen LogP contribution >= 0.6 is 0 Å². The van der Waals surface area contributed by atoms with Gasteiger partial charge in [-0.1, -0.05) is 18.2 Å². The first-order valence-corrected chi connectivity index (χ1v) is 10.7. The molecule has 25 heavy (non-hydrogen) atoms. The number of hydrogen-bond acceptors (Lipinski definition) is 4. The first-order chi connectivity index (χ1) is 11.6. The molecule has 0 spiro atoms. The molecule has 140 valence electrons. The Labute approximate surface area is 151 Å². The molecule has 1 aromatic rings. The zero-order valence-corrected chi connectivity index (χ0v) is 16.1. The van der Waals surface area contributed by atoms with Gasteiger partial charge in [-0.2, -0.15) is 0 Å². The predicted octanol–water partition coefficient (Wildman–Crippen LogP) is 2.87. The van der Waals surface area contributed by atoms with Gasteiger partial charge in [-0.15, -0.1) is 0 Å². The summed E-state index contributed by atoms with van der Waals surface area (Å²) in [5.74, 6) is 0. The van der Waals surface area contributed by atoms with Crippen molar-refractivity contribution in [3.63, 3.8) is 0 Å². The fourth-order valence-electron chi connectivity index (χ4n) is 2.35. The predicted molar refractivity (Wildman–Crippen MR) is 96.6 cm³/mol. The van der Waals surface area contributed by atoms with Gasteiger partial charge in [-0.3, -0.25) is 0 Å². The van der Waals surface area contributed by atoms with Crippen LogP contribution in [0.15, 0.2) is 47.6 Å². The lowest BCUT2D eigenvalue weighted by atomic mass is 10.1. The Morgan fingerprint density at radius 3 is 2.44 bits per heavy atom. The van der Waals surface area contributed by atoms with Crippen LogP contribution in [0.2, 0.25) is 0 Å². The molecule has 2 rings (SSSR count).